The normalized spacial score (nSPS) is 13.3. The third-order valence-corrected chi connectivity index (χ3v) is 6.22. The molecule has 0 unspecified atom stereocenters. The summed E-state index contributed by atoms with van der Waals surface area (Å²) in [6.07, 6.45) is 3.66. The number of nitrogens with zero attached hydrogens (tertiary/aromatic N) is 1. The van der Waals surface area contributed by atoms with Gasteiger partial charge in [-0.15, -0.1) is 11.8 Å². The summed E-state index contributed by atoms with van der Waals surface area (Å²) in [4.78, 5) is 18.4. The van der Waals surface area contributed by atoms with Crippen LogP contribution >= 0.6 is 11.8 Å². The molecule has 30 heavy (non-hydrogen) atoms. The van der Waals surface area contributed by atoms with Crippen molar-refractivity contribution in [2.45, 2.75) is 10.6 Å². The van der Waals surface area contributed by atoms with E-state index in [1.165, 1.54) is 0 Å². The zero-order valence-electron chi connectivity index (χ0n) is 15.7. The second kappa shape index (κ2) is 7.50. The van der Waals surface area contributed by atoms with Gasteiger partial charge in [0.2, 0.25) is 0 Å². The number of pyridine rings is 1. The highest BCUT2D eigenvalue weighted by Gasteiger charge is 2.21. The van der Waals surface area contributed by atoms with Gasteiger partial charge < -0.3 is 0 Å². The fourth-order valence-corrected chi connectivity index (χ4v) is 4.56. The third-order valence-electron chi connectivity index (χ3n) is 5.09. The van der Waals surface area contributed by atoms with E-state index in [1.54, 1.807) is 30.0 Å². The fourth-order valence-electron chi connectivity index (χ4n) is 3.53. The van der Waals surface area contributed by atoms with Gasteiger partial charge in [-0.3, -0.25) is 4.79 Å². The lowest BCUT2D eigenvalue weighted by Crippen LogP contribution is -2.03. The maximum atomic E-state index is 13.5. The zero-order chi connectivity index (χ0) is 20.7. The van der Waals surface area contributed by atoms with E-state index < -0.39 is 11.6 Å². The molecule has 0 atom stereocenters. The van der Waals surface area contributed by atoms with Crippen molar-refractivity contribution < 1.29 is 13.6 Å². The highest BCUT2D eigenvalue weighted by atomic mass is 32.2. The zero-order valence-corrected chi connectivity index (χ0v) is 16.5. The van der Waals surface area contributed by atoms with Gasteiger partial charge in [0.1, 0.15) is 0 Å². The van der Waals surface area contributed by atoms with Crippen molar-refractivity contribution in [3.05, 3.63) is 106 Å². The molecule has 1 aliphatic heterocycles. The number of halogens is 2. The van der Waals surface area contributed by atoms with E-state index in [0.29, 0.717) is 22.2 Å². The number of aromatic nitrogens is 1. The number of carbonyl (C=O) groups is 1. The molecule has 0 radical (unpaired) electrons. The molecule has 0 saturated carbocycles. The minimum Gasteiger partial charge on any atom is -0.289 e. The molecule has 2 heterocycles. The van der Waals surface area contributed by atoms with Crippen LogP contribution in [-0.2, 0) is 5.75 Å². The third kappa shape index (κ3) is 3.42. The number of rotatable bonds is 2. The van der Waals surface area contributed by atoms with Crippen LogP contribution in [0.5, 0.6) is 0 Å². The topological polar surface area (TPSA) is 30.0 Å². The Bertz CT molecular complexity index is 1350. The molecule has 2 nitrogen and oxygen atoms in total. The Kier molecular flexibility index (Phi) is 4.68. The molecule has 0 fully saturated rings. The van der Waals surface area contributed by atoms with Gasteiger partial charge in [-0.1, -0.05) is 42.5 Å². The molecule has 1 aliphatic rings. The van der Waals surface area contributed by atoms with Crippen molar-refractivity contribution in [3.63, 3.8) is 0 Å². The van der Waals surface area contributed by atoms with Gasteiger partial charge in [0.05, 0.1) is 11.2 Å². The van der Waals surface area contributed by atoms with E-state index in [-0.39, 0.29) is 5.78 Å². The Labute approximate surface area is 176 Å². The van der Waals surface area contributed by atoms with Crippen molar-refractivity contribution >= 4 is 40.6 Å². The highest BCUT2D eigenvalue weighted by Crippen LogP contribution is 2.34. The van der Waals surface area contributed by atoms with E-state index in [0.717, 1.165) is 39.5 Å². The van der Waals surface area contributed by atoms with Crippen LogP contribution in [0, 0.1) is 11.6 Å². The lowest BCUT2D eigenvalue weighted by Gasteiger charge is -2.06. The molecule has 0 bridgehead atoms. The lowest BCUT2D eigenvalue weighted by molar-refractivity contribution is 0.103. The molecule has 146 valence electrons. The molecule has 5 heteroatoms. The smallest absolute Gasteiger partial charge is 0.194 e. The Hall–Kier alpha value is -3.31. The first-order chi connectivity index (χ1) is 14.6. The molecule has 4 aromatic rings. The highest BCUT2D eigenvalue weighted by molar-refractivity contribution is 7.98. The summed E-state index contributed by atoms with van der Waals surface area (Å²) in [5.41, 5.74) is 4.36. The standard InChI is InChI=1S/C25H15F2NOS/c26-21-12-16-7-9-18(28-23(16)13-22(21)27)8-5-15-6-10-24-20(11-15)25(29)19-4-2-1-3-17(19)14-30-24/h1-13H,14H2. The monoisotopic (exact) mass is 415 g/mol. The van der Waals surface area contributed by atoms with Crippen LogP contribution in [0.3, 0.4) is 0 Å². The number of thioether (sulfide) groups is 1. The van der Waals surface area contributed by atoms with E-state index >= 15 is 0 Å². The summed E-state index contributed by atoms with van der Waals surface area (Å²) in [7, 11) is 0. The van der Waals surface area contributed by atoms with Crippen LogP contribution in [0.2, 0.25) is 0 Å². The molecule has 3 aromatic carbocycles. The predicted molar refractivity (Wildman–Crippen MR) is 116 cm³/mol. The Morgan fingerprint density at radius 3 is 2.60 bits per heavy atom. The second-order valence-corrected chi connectivity index (χ2v) is 8.08. The van der Waals surface area contributed by atoms with Crippen molar-refractivity contribution in [2.75, 3.05) is 0 Å². The molecule has 0 N–H and O–H groups in total. The van der Waals surface area contributed by atoms with Gasteiger partial charge in [0, 0.05) is 33.2 Å². The van der Waals surface area contributed by atoms with Crippen LogP contribution in [0.4, 0.5) is 8.78 Å². The summed E-state index contributed by atoms with van der Waals surface area (Å²) in [5, 5.41) is 0.539. The molecule has 0 aliphatic carbocycles. The average molecular weight is 415 g/mol. The molecule has 0 spiro atoms. The quantitative estimate of drug-likeness (QED) is 0.373. The van der Waals surface area contributed by atoms with Crippen molar-refractivity contribution in [2.24, 2.45) is 0 Å². The maximum absolute atomic E-state index is 13.5. The number of hydrogen-bond acceptors (Lipinski definition) is 3. The van der Waals surface area contributed by atoms with E-state index in [2.05, 4.69) is 4.98 Å². The van der Waals surface area contributed by atoms with Crippen LogP contribution < -0.4 is 0 Å². The van der Waals surface area contributed by atoms with Crippen LogP contribution in [0.15, 0.2) is 71.6 Å². The van der Waals surface area contributed by atoms with Gasteiger partial charge in [-0.25, -0.2) is 13.8 Å². The molecule has 0 amide bonds. The fraction of sp³-hybridized carbons (Fsp3) is 0.0400. The van der Waals surface area contributed by atoms with Gasteiger partial charge >= 0.3 is 0 Å². The van der Waals surface area contributed by atoms with Gasteiger partial charge in [-0.05, 0) is 41.5 Å². The van der Waals surface area contributed by atoms with Crippen molar-refractivity contribution in [3.8, 4) is 0 Å². The van der Waals surface area contributed by atoms with Crippen LogP contribution in [0.25, 0.3) is 23.1 Å². The Morgan fingerprint density at radius 2 is 1.70 bits per heavy atom. The number of benzene rings is 3. The van der Waals surface area contributed by atoms with Gasteiger partial charge in [-0.2, -0.15) is 0 Å². The first-order valence-corrected chi connectivity index (χ1v) is 10.4. The molecule has 5 rings (SSSR count). The first-order valence-electron chi connectivity index (χ1n) is 9.42. The summed E-state index contributed by atoms with van der Waals surface area (Å²) >= 11 is 1.66. The van der Waals surface area contributed by atoms with Crippen molar-refractivity contribution in [1.82, 2.24) is 4.98 Å². The van der Waals surface area contributed by atoms with Gasteiger partial charge in [0.25, 0.3) is 0 Å². The Balaban J connectivity index is 1.48. The summed E-state index contributed by atoms with van der Waals surface area (Å²) in [5.74, 6) is -1.01. The van der Waals surface area contributed by atoms with E-state index in [9.17, 15) is 13.6 Å². The SMILES string of the molecule is O=C1c2ccccc2CSc2ccc(C=Cc3ccc4cc(F)c(F)cc4n3)cc21. The summed E-state index contributed by atoms with van der Waals surface area (Å²) in [6, 6.07) is 19.2. The Morgan fingerprint density at radius 1 is 0.867 bits per heavy atom. The van der Waals surface area contributed by atoms with E-state index in [1.807, 2.05) is 48.5 Å². The first kappa shape index (κ1) is 18.7. The molecular formula is C25H15F2NOS. The number of carbonyl (C=O) groups excluding carboxylic acids is 1. The average Bonchev–Trinajstić information content (AvgIpc) is 2.90. The molecule has 1 aromatic heterocycles. The second-order valence-electron chi connectivity index (χ2n) is 7.06. The van der Waals surface area contributed by atoms with E-state index in [4.69, 9.17) is 0 Å². The summed E-state index contributed by atoms with van der Waals surface area (Å²) in [6.45, 7) is 0. The minimum atomic E-state index is -0.918. The minimum absolute atomic E-state index is 0.0298. The number of fused-ring (bicyclic) bond motifs is 3. The van der Waals surface area contributed by atoms with Crippen LogP contribution in [0.1, 0.15) is 32.7 Å². The molecular weight excluding hydrogens is 400 g/mol. The predicted octanol–water partition coefficient (Wildman–Crippen LogP) is 6.52. The number of ketones is 1. The van der Waals surface area contributed by atoms with Gasteiger partial charge in [0.15, 0.2) is 17.4 Å². The summed E-state index contributed by atoms with van der Waals surface area (Å²) < 4.78 is 26.9. The van der Waals surface area contributed by atoms with Crippen LogP contribution in [-0.4, -0.2) is 10.8 Å². The largest absolute Gasteiger partial charge is 0.289 e. The molecule has 0 saturated heterocycles. The maximum Gasteiger partial charge on any atom is 0.194 e. The number of hydrogen-bond donors (Lipinski definition) is 0. The van der Waals surface area contributed by atoms with Crippen molar-refractivity contribution in [1.29, 1.82) is 0 Å². The lowest BCUT2D eigenvalue weighted by atomic mass is 9.98.